The summed E-state index contributed by atoms with van der Waals surface area (Å²) in [6.45, 7) is 8.62. The van der Waals surface area contributed by atoms with Gasteiger partial charge >= 0.3 is 0 Å². The molecule has 0 saturated carbocycles. The zero-order chi connectivity index (χ0) is 27.0. The third-order valence-electron chi connectivity index (χ3n) is 6.40. The van der Waals surface area contributed by atoms with Crippen LogP contribution in [0.4, 0.5) is 0 Å². The Bertz CT molecular complexity index is 1850. The second-order valence-electron chi connectivity index (χ2n) is 10.5. The number of aromatic nitrogens is 3. The van der Waals surface area contributed by atoms with Crippen LogP contribution in [0.1, 0.15) is 31.3 Å². The Hall–Kier alpha value is -3.70. The van der Waals surface area contributed by atoms with Crippen LogP contribution in [0.5, 0.6) is 0 Å². The molecule has 0 spiro atoms. The van der Waals surface area contributed by atoms with Crippen molar-refractivity contribution in [3.8, 4) is 22.5 Å². The maximum atomic E-state index is 6.26. The number of nitrogens with zero attached hydrogens (tertiary/aromatic N) is 3. The molecule has 7 rings (SSSR count). The van der Waals surface area contributed by atoms with Gasteiger partial charge in [-0.15, -0.1) is 65.4 Å². The largest absolute Gasteiger partial charge is 0.501 e. The Kier molecular flexibility index (Phi) is 7.95. The van der Waals surface area contributed by atoms with Gasteiger partial charge in [0.05, 0.1) is 20.8 Å². The predicted molar refractivity (Wildman–Crippen MR) is 161 cm³/mol. The van der Waals surface area contributed by atoms with E-state index in [0.717, 1.165) is 60.5 Å². The smallest absolute Gasteiger partial charge is 0.123 e. The van der Waals surface area contributed by atoms with E-state index in [-0.39, 0.29) is 25.5 Å². The molecule has 201 valence electrons. The summed E-state index contributed by atoms with van der Waals surface area (Å²) in [7, 11) is 0. The van der Waals surface area contributed by atoms with Crippen molar-refractivity contribution in [2.75, 3.05) is 0 Å². The van der Waals surface area contributed by atoms with Gasteiger partial charge in [0.2, 0.25) is 0 Å². The van der Waals surface area contributed by atoms with E-state index in [1.165, 1.54) is 4.70 Å². The first-order chi connectivity index (χ1) is 18.9. The van der Waals surface area contributed by atoms with Crippen molar-refractivity contribution in [1.82, 2.24) is 15.0 Å². The molecule has 3 aromatic carbocycles. The molecule has 0 aliphatic rings. The average Bonchev–Trinajstić information content (AvgIpc) is 3.54. The average molecular weight is 718 g/mol. The first-order valence-corrected chi connectivity index (χ1v) is 13.7. The van der Waals surface area contributed by atoms with E-state index in [0.29, 0.717) is 0 Å². The zero-order valence-electron chi connectivity index (χ0n) is 22.7. The summed E-state index contributed by atoms with van der Waals surface area (Å²) >= 11 is 1.76. The van der Waals surface area contributed by atoms with Crippen LogP contribution in [0.2, 0.25) is 0 Å². The number of benzene rings is 3. The number of aryl methyl sites for hydroxylation is 1. The molecule has 4 heterocycles. The molecular formula is C34H27IrN3OS-2. The summed E-state index contributed by atoms with van der Waals surface area (Å²) in [5.41, 5.74) is 7.65. The van der Waals surface area contributed by atoms with Gasteiger partial charge in [-0.1, -0.05) is 56.0 Å². The van der Waals surface area contributed by atoms with E-state index in [1.807, 2.05) is 67.7 Å². The van der Waals surface area contributed by atoms with Crippen molar-refractivity contribution in [2.24, 2.45) is 0 Å². The first-order valence-electron chi connectivity index (χ1n) is 12.9. The molecule has 0 unspecified atom stereocenters. The van der Waals surface area contributed by atoms with Crippen molar-refractivity contribution in [2.45, 2.75) is 33.1 Å². The van der Waals surface area contributed by atoms with Gasteiger partial charge < -0.3 is 14.4 Å². The number of hydrogen-bond donors (Lipinski definition) is 0. The molecule has 0 aliphatic carbocycles. The van der Waals surface area contributed by atoms with Crippen LogP contribution in [0.25, 0.3) is 54.7 Å². The van der Waals surface area contributed by atoms with E-state index in [1.54, 1.807) is 17.5 Å². The molecule has 7 aromatic rings. The molecule has 0 atom stereocenters. The number of pyridine rings is 2. The van der Waals surface area contributed by atoms with Crippen LogP contribution in [-0.4, -0.2) is 15.0 Å². The van der Waals surface area contributed by atoms with E-state index >= 15 is 0 Å². The molecule has 40 heavy (non-hydrogen) atoms. The van der Waals surface area contributed by atoms with Crippen molar-refractivity contribution < 1.29 is 24.5 Å². The Morgan fingerprint density at radius 2 is 1.68 bits per heavy atom. The molecular weight excluding hydrogens is 691 g/mol. The van der Waals surface area contributed by atoms with E-state index in [2.05, 4.69) is 67.1 Å². The molecule has 6 heteroatoms. The van der Waals surface area contributed by atoms with Gasteiger partial charge in [0.15, 0.2) is 0 Å². The van der Waals surface area contributed by atoms with Gasteiger partial charge in [-0.05, 0) is 36.0 Å². The Labute approximate surface area is 251 Å². The number of fused-ring (bicyclic) bond motifs is 4. The Morgan fingerprint density at radius 3 is 2.38 bits per heavy atom. The fourth-order valence-electron chi connectivity index (χ4n) is 4.36. The first kappa shape index (κ1) is 27.9. The third kappa shape index (κ3) is 5.62. The second-order valence-corrected chi connectivity index (χ2v) is 11.5. The van der Waals surface area contributed by atoms with Crippen LogP contribution in [0, 0.1) is 19.1 Å². The molecule has 1 radical (unpaired) electrons. The van der Waals surface area contributed by atoms with Crippen LogP contribution < -0.4 is 0 Å². The van der Waals surface area contributed by atoms with Crippen molar-refractivity contribution in [3.63, 3.8) is 0 Å². The maximum absolute atomic E-state index is 6.26. The van der Waals surface area contributed by atoms with Crippen molar-refractivity contribution in [3.05, 3.63) is 114 Å². The number of rotatable bonds is 2. The van der Waals surface area contributed by atoms with Gasteiger partial charge in [-0.3, -0.25) is 0 Å². The monoisotopic (exact) mass is 718 g/mol. The van der Waals surface area contributed by atoms with Gasteiger partial charge in [-0.25, -0.2) is 4.98 Å². The topological polar surface area (TPSA) is 51.8 Å². The van der Waals surface area contributed by atoms with Crippen molar-refractivity contribution >= 4 is 43.5 Å². The minimum Gasteiger partial charge on any atom is -0.501 e. The summed E-state index contributed by atoms with van der Waals surface area (Å²) in [5.74, 6) is 0. The summed E-state index contributed by atoms with van der Waals surface area (Å²) < 4.78 is 7.46. The molecule has 0 amide bonds. The maximum Gasteiger partial charge on any atom is 0.123 e. The summed E-state index contributed by atoms with van der Waals surface area (Å²) in [6, 6.07) is 32.5. The Morgan fingerprint density at radius 1 is 0.825 bits per heavy atom. The molecule has 0 N–H and O–H groups in total. The molecule has 4 aromatic heterocycles. The fourth-order valence-corrected chi connectivity index (χ4v) is 5.41. The van der Waals surface area contributed by atoms with Crippen LogP contribution in [0.15, 0.2) is 95.7 Å². The van der Waals surface area contributed by atoms with Gasteiger partial charge in [0.1, 0.15) is 5.58 Å². The minimum atomic E-state index is 0. The molecule has 4 nitrogen and oxygen atoms in total. The number of furan rings is 1. The number of thiazole rings is 1. The SMILES string of the molecule is Cc1ccc(-c2[c-]ccc3c2oc2cc4nc(C(C)(C)C)sc4cc23)nc1.[Ir].[c-]1ccccc1-c1ccccn1. The number of hydrogen-bond acceptors (Lipinski definition) is 5. The summed E-state index contributed by atoms with van der Waals surface area (Å²) in [4.78, 5) is 13.6. The van der Waals surface area contributed by atoms with E-state index in [4.69, 9.17) is 9.40 Å². The molecule has 0 saturated heterocycles. The summed E-state index contributed by atoms with van der Waals surface area (Å²) in [5, 5.41) is 3.35. The Balaban J connectivity index is 0.000000209. The molecule has 0 fully saturated rings. The standard InChI is InChI=1S/C23H19N2OS.C11H8N.Ir/c1-13-8-9-17(24-12-13)15-7-5-6-14-16-10-20-18(11-19(16)26-21(14)15)25-22(27-20)23(2,3)4;1-2-6-10(7-3-1)11-8-4-5-9-12-11;/h5-6,8-12H,1-4H3;1-6,8-9H;/q2*-1;. The molecule has 0 bridgehead atoms. The molecule has 0 aliphatic heterocycles. The van der Waals surface area contributed by atoms with Crippen LogP contribution in [-0.2, 0) is 25.5 Å². The van der Waals surface area contributed by atoms with Gasteiger partial charge in [0, 0.05) is 49.4 Å². The normalized spacial score (nSPS) is 11.3. The predicted octanol–water partition coefficient (Wildman–Crippen LogP) is 9.21. The van der Waals surface area contributed by atoms with E-state index < -0.39 is 0 Å². The quantitative estimate of drug-likeness (QED) is 0.168. The van der Waals surface area contributed by atoms with Crippen LogP contribution in [0.3, 0.4) is 0 Å². The summed E-state index contributed by atoms with van der Waals surface area (Å²) in [6.07, 6.45) is 3.66. The van der Waals surface area contributed by atoms with Crippen molar-refractivity contribution in [1.29, 1.82) is 0 Å². The van der Waals surface area contributed by atoms with E-state index in [9.17, 15) is 0 Å². The second kappa shape index (κ2) is 11.4. The zero-order valence-corrected chi connectivity index (χ0v) is 25.9. The minimum absolute atomic E-state index is 0. The fraction of sp³-hybridized carbons (Fsp3) is 0.147. The van der Waals surface area contributed by atoms with Crippen LogP contribution >= 0.6 is 11.3 Å². The van der Waals surface area contributed by atoms with Gasteiger partial charge in [-0.2, -0.15) is 0 Å². The van der Waals surface area contributed by atoms with Gasteiger partial charge in [0.25, 0.3) is 0 Å². The third-order valence-corrected chi connectivity index (χ3v) is 7.84.